The van der Waals surface area contributed by atoms with E-state index in [2.05, 4.69) is 41.3 Å². The van der Waals surface area contributed by atoms with Crippen LogP contribution in [0.5, 0.6) is 0 Å². The Morgan fingerprint density at radius 2 is 1.72 bits per heavy atom. The molecule has 50 heavy (non-hydrogen) atoms. The number of aromatic nitrogens is 2. The average molecular weight is 718 g/mol. The van der Waals surface area contributed by atoms with E-state index in [0.717, 1.165) is 26.7 Å². The van der Waals surface area contributed by atoms with Crippen molar-refractivity contribution in [3.63, 3.8) is 0 Å². The van der Waals surface area contributed by atoms with Gasteiger partial charge in [0.15, 0.2) is 5.78 Å². The molecular formula is C38H47N5O5S2. The van der Waals surface area contributed by atoms with Crippen molar-refractivity contribution < 1.29 is 24.2 Å². The predicted molar refractivity (Wildman–Crippen MR) is 196 cm³/mol. The van der Waals surface area contributed by atoms with Crippen LogP contribution in [0.15, 0.2) is 77.8 Å². The summed E-state index contributed by atoms with van der Waals surface area (Å²) in [5.74, 6) is 0.202. The Kier molecular flexibility index (Phi) is 13.5. The molecule has 1 saturated heterocycles. The number of urea groups is 1. The highest BCUT2D eigenvalue weighted by atomic mass is 32.1. The number of alkyl carbamates (subject to hydrolysis) is 1. The zero-order valence-corrected chi connectivity index (χ0v) is 30.6. The highest BCUT2D eigenvalue weighted by Gasteiger charge is 2.40. The first-order valence-corrected chi connectivity index (χ1v) is 19.0. The molecule has 266 valence electrons. The molecule has 4 aromatic rings. The number of hydrogen-bond donors (Lipinski definition) is 2. The molecule has 0 aliphatic carbocycles. The second-order valence-corrected chi connectivity index (χ2v) is 15.3. The molecule has 2 N–H and O–H groups in total. The molecule has 5 rings (SSSR count). The number of aliphatic hydroxyl groups is 1. The van der Waals surface area contributed by atoms with E-state index in [0.29, 0.717) is 38.1 Å². The van der Waals surface area contributed by atoms with Crippen molar-refractivity contribution in [1.29, 1.82) is 0 Å². The minimum Gasteiger partial charge on any atom is -0.444 e. The van der Waals surface area contributed by atoms with Crippen molar-refractivity contribution in [2.24, 2.45) is 5.92 Å². The van der Waals surface area contributed by atoms with Crippen LogP contribution >= 0.6 is 22.7 Å². The number of thiazole rings is 2. The van der Waals surface area contributed by atoms with Crippen molar-refractivity contribution in [3.05, 3.63) is 104 Å². The summed E-state index contributed by atoms with van der Waals surface area (Å²) in [5, 5.41) is 16.7. The summed E-state index contributed by atoms with van der Waals surface area (Å²) >= 11 is 3.01. The maximum Gasteiger partial charge on any atom is 0.407 e. The minimum atomic E-state index is -0.767. The summed E-state index contributed by atoms with van der Waals surface area (Å²) in [6.07, 6.45) is 3.46. The molecule has 3 amide bonds. The SMILES string of the molecule is CC(C)c1nc(CN(C)C(=O)N2C[C@@H](O)C[C@H]2C(=O)C[C@H](CC[C@H](Cc2ccccc2)NC(=O)OCc2cncs2)Cc2ccccc2)cs1. The maximum absolute atomic E-state index is 14.0. The molecule has 1 aliphatic rings. The Bertz CT molecular complexity index is 1650. The Morgan fingerprint density at radius 3 is 2.36 bits per heavy atom. The van der Waals surface area contributed by atoms with E-state index in [1.54, 1.807) is 35.0 Å². The van der Waals surface area contributed by atoms with Gasteiger partial charge in [-0.1, -0.05) is 74.5 Å². The fraction of sp³-hybridized carbons (Fsp3) is 0.447. The molecule has 0 unspecified atom stereocenters. The summed E-state index contributed by atoms with van der Waals surface area (Å²) in [6, 6.07) is 18.8. The van der Waals surface area contributed by atoms with Crippen LogP contribution in [0.3, 0.4) is 0 Å². The van der Waals surface area contributed by atoms with Crippen molar-refractivity contribution in [2.45, 2.75) is 89.6 Å². The first-order valence-electron chi connectivity index (χ1n) is 17.2. The van der Waals surface area contributed by atoms with E-state index in [1.807, 2.05) is 53.9 Å². The Hall–Kier alpha value is -4.13. The quantitative estimate of drug-likeness (QED) is 0.130. The molecule has 0 saturated carbocycles. The van der Waals surface area contributed by atoms with Crippen LogP contribution in [0, 0.1) is 5.92 Å². The molecule has 2 aromatic carbocycles. The highest BCUT2D eigenvalue weighted by molar-refractivity contribution is 7.09. The molecule has 1 fully saturated rings. The van der Waals surface area contributed by atoms with Gasteiger partial charge in [0.25, 0.3) is 0 Å². The number of hydrogen-bond acceptors (Lipinski definition) is 9. The molecule has 0 bridgehead atoms. The van der Waals surface area contributed by atoms with Gasteiger partial charge in [0.1, 0.15) is 6.61 Å². The van der Waals surface area contributed by atoms with E-state index in [4.69, 9.17) is 4.74 Å². The van der Waals surface area contributed by atoms with E-state index in [-0.39, 0.29) is 49.8 Å². The average Bonchev–Trinajstić information content (AvgIpc) is 3.89. The molecule has 3 heterocycles. The first-order chi connectivity index (χ1) is 24.1. The van der Waals surface area contributed by atoms with Crippen molar-refractivity contribution >= 4 is 40.6 Å². The lowest BCUT2D eigenvalue weighted by atomic mass is 9.86. The van der Waals surface area contributed by atoms with Crippen LogP contribution in [-0.4, -0.2) is 74.6 Å². The zero-order chi connectivity index (χ0) is 35.5. The van der Waals surface area contributed by atoms with Crippen LogP contribution < -0.4 is 5.32 Å². The van der Waals surface area contributed by atoms with Gasteiger partial charge >= 0.3 is 12.1 Å². The monoisotopic (exact) mass is 717 g/mol. The molecule has 0 spiro atoms. The van der Waals surface area contributed by atoms with Gasteiger partial charge in [0.2, 0.25) is 0 Å². The fourth-order valence-electron chi connectivity index (χ4n) is 6.38. The number of carbonyl (C=O) groups excluding carboxylic acids is 3. The maximum atomic E-state index is 14.0. The largest absolute Gasteiger partial charge is 0.444 e. The topological polar surface area (TPSA) is 125 Å². The van der Waals surface area contributed by atoms with Crippen molar-refractivity contribution in [2.75, 3.05) is 13.6 Å². The normalized spacial score (nSPS) is 17.0. The number of carbonyl (C=O) groups is 3. The van der Waals surface area contributed by atoms with Crippen LogP contribution in [0.2, 0.25) is 0 Å². The number of nitrogens with one attached hydrogen (secondary N) is 1. The number of Topliss-reactive ketones (excluding diaryl/α,β-unsaturated/α-hetero) is 1. The number of nitrogens with zero attached hydrogens (tertiary/aromatic N) is 4. The van der Waals surface area contributed by atoms with Gasteiger partial charge in [-0.2, -0.15) is 0 Å². The molecule has 0 radical (unpaired) electrons. The second kappa shape index (κ2) is 18.2. The van der Waals surface area contributed by atoms with Gasteiger partial charge in [-0.3, -0.25) is 9.78 Å². The number of ether oxygens (including phenoxy) is 1. The molecule has 1 aliphatic heterocycles. The number of aliphatic hydroxyl groups excluding tert-OH is 1. The summed E-state index contributed by atoms with van der Waals surface area (Å²) in [5.41, 5.74) is 4.72. The second-order valence-electron chi connectivity index (χ2n) is 13.4. The third kappa shape index (κ3) is 10.9. The number of ketones is 1. The van der Waals surface area contributed by atoms with Gasteiger partial charge in [-0.15, -0.1) is 22.7 Å². The molecule has 10 nitrogen and oxygen atoms in total. The predicted octanol–water partition coefficient (Wildman–Crippen LogP) is 6.85. The highest BCUT2D eigenvalue weighted by Crippen LogP contribution is 2.27. The lowest BCUT2D eigenvalue weighted by Gasteiger charge is -2.29. The van der Waals surface area contributed by atoms with Crippen LogP contribution in [0.4, 0.5) is 9.59 Å². The fourth-order valence-corrected chi connectivity index (χ4v) is 7.72. The van der Waals surface area contributed by atoms with E-state index in [1.165, 1.54) is 16.2 Å². The van der Waals surface area contributed by atoms with Crippen molar-refractivity contribution in [3.8, 4) is 0 Å². The summed E-state index contributed by atoms with van der Waals surface area (Å²) in [6.45, 7) is 4.77. The third-order valence-corrected chi connectivity index (χ3v) is 10.9. The van der Waals surface area contributed by atoms with Crippen LogP contribution in [0.1, 0.15) is 72.2 Å². The van der Waals surface area contributed by atoms with E-state index < -0.39 is 18.2 Å². The molecule has 4 atom stereocenters. The number of amides is 3. The Balaban J connectivity index is 1.26. The molecular weight excluding hydrogens is 671 g/mol. The number of benzene rings is 2. The lowest BCUT2D eigenvalue weighted by molar-refractivity contribution is -0.123. The van der Waals surface area contributed by atoms with Gasteiger partial charge in [0.05, 0.1) is 39.8 Å². The van der Waals surface area contributed by atoms with E-state index >= 15 is 0 Å². The minimum absolute atomic E-state index is 0.0462. The Labute approximate surface area is 302 Å². The zero-order valence-electron chi connectivity index (χ0n) is 28.9. The van der Waals surface area contributed by atoms with Gasteiger partial charge in [-0.05, 0) is 42.7 Å². The third-order valence-electron chi connectivity index (χ3n) is 8.94. The summed E-state index contributed by atoms with van der Waals surface area (Å²) < 4.78 is 5.50. The lowest BCUT2D eigenvalue weighted by Crippen LogP contribution is -2.47. The molecule has 2 aromatic heterocycles. The standard InChI is InChI=1S/C38H47N5O5S2/c1-26(2)36-40-31(24-49-36)21-42(3)38(47)43-22-32(44)19-34(43)35(45)18-29(16-27-10-6-4-7-11-27)14-15-30(17-28-12-8-5-9-13-28)41-37(46)48-23-33-20-39-25-50-33/h4-13,20,24-26,29-30,32,34,44H,14-19,21-23H2,1-3H3,(H,41,46)/t29-,30-,32+,34+/m1/s1. The summed E-state index contributed by atoms with van der Waals surface area (Å²) in [4.78, 5) is 53.3. The van der Waals surface area contributed by atoms with E-state index in [9.17, 15) is 19.5 Å². The van der Waals surface area contributed by atoms with Crippen LogP contribution in [-0.2, 0) is 35.5 Å². The van der Waals surface area contributed by atoms with Gasteiger partial charge < -0.3 is 25.0 Å². The number of likely N-dealkylation sites (tertiary alicyclic amines) is 1. The summed E-state index contributed by atoms with van der Waals surface area (Å²) in [7, 11) is 1.71. The molecule has 12 heteroatoms. The number of rotatable bonds is 16. The number of β-amino-alcohol motifs (C(OH)–C–C–N with tert-alkyl or cyclic N) is 1. The smallest absolute Gasteiger partial charge is 0.407 e. The van der Waals surface area contributed by atoms with Gasteiger partial charge in [0, 0.05) is 50.0 Å². The Morgan fingerprint density at radius 1 is 1.02 bits per heavy atom. The van der Waals surface area contributed by atoms with Crippen LogP contribution in [0.25, 0.3) is 0 Å². The first kappa shape index (κ1) is 37.1. The van der Waals surface area contributed by atoms with Gasteiger partial charge in [-0.25, -0.2) is 14.6 Å². The van der Waals surface area contributed by atoms with Crippen molar-refractivity contribution in [1.82, 2.24) is 25.1 Å².